The van der Waals surface area contributed by atoms with Gasteiger partial charge < -0.3 is 5.32 Å². The first-order chi connectivity index (χ1) is 7.81. The molecular formula is C11H9BrCl3NO. The highest BCUT2D eigenvalue weighted by Gasteiger charge is 2.56. The molecule has 1 atom stereocenters. The Morgan fingerprint density at radius 3 is 2.65 bits per heavy atom. The third-order valence-corrected chi connectivity index (χ3v) is 4.55. The molecule has 17 heavy (non-hydrogen) atoms. The molecule has 0 heterocycles. The average Bonchev–Trinajstić information content (AvgIpc) is 2.84. The lowest BCUT2D eigenvalue weighted by Crippen LogP contribution is -2.17. The molecule has 0 unspecified atom stereocenters. The first kappa shape index (κ1) is 13.5. The van der Waals surface area contributed by atoms with Gasteiger partial charge in [0, 0.05) is 9.50 Å². The zero-order chi connectivity index (χ0) is 12.8. The monoisotopic (exact) mass is 355 g/mol. The van der Waals surface area contributed by atoms with Crippen molar-refractivity contribution >= 4 is 62.3 Å². The van der Waals surface area contributed by atoms with Crippen LogP contribution in [0.2, 0.25) is 5.02 Å². The maximum atomic E-state index is 11.8. The van der Waals surface area contributed by atoms with Gasteiger partial charge in [0.1, 0.15) is 4.33 Å². The standard InChI is InChI=1S/C11H9BrCl3NO/c1-5-2-7(12)9(3-8(5)13)16-10(17)6-4-11(6,14)15/h2-3,6H,4H2,1H3,(H,16,17)/t6-/m1/s1. The third-order valence-electron chi connectivity index (χ3n) is 2.65. The number of aryl methyl sites for hydroxylation is 1. The van der Waals surface area contributed by atoms with Crippen molar-refractivity contribution in [2.24, 2.45) is 5.92 Å². The number of carbonyl (C=O) groups excluding carboxylic acids is 1. The van der Waals surface area contributed by atoms with E-state index < -0.39 is 4.33 Å². The Morgan fingerprint density at radius 2 is 2.12 bits per heavy atom. The molecule has 2 rings (SSSR count). The molecule has 1 aliphatic carbocycles. The van der Waals surface area contributed by atoms with E-state index in [0.717, 1.165) is 10.0 Å². The number of anilines is 1. The Hall–Kier alpha value is 0.0400. The van der Waals surface area contributed by atoms with Gasteiger partial charge in [-0.2, -0.15) is 0 Å². The van der Waals surface area contributed by atoms with Crippen LogP contribution in [0.15, 0.2) is 16.6 Å². The van der Waals surface area contributed by atoms with Crippen LogP contribution in [-0.2, 0) is 4.79 Å². The summed E-state index contributed by atoms with van der Waals surface area (Å²) in [6, 6.07) is 3.55. The summed E-state index contributed by atoms with van der Waals surface area (Å²) in [7, 11) is 0. The van der Waals surface area contributed by atoms with Gasteiger partial charge in [-0.1, -0.05) is 11.6 Å². The predicted molar refractivity (Wildman–Crippen MR) is 75.1 cm³/mol. The zero-order valence-electron chi connectivity index (χ0n) is 8.86. The SMILES string of the molecule is Cc1cc(Br)c(NC(=O)[C@H]2CC2(Cl)Cl)cc1Cl. The fourth-order valence-corrected chi connectivity index (χ4v) is 2.69. The largest absolute Gasteiger partial charge is 0.325 e. The van der Waals surface area contributed by atoms with E-state index in [1.54, 1.807) is 6.07 Å². The zero-order valence-corrected chi connectivity index (χ0v) is 12.7. The average molecular weight is 357 g/mol. The van der Waals surface area contributed by atoms with Gasteiger partial charge in [-0.05, 0) is 47.0 Å². The smallest absolute Gasteiger partial charge is 0.230 e. The number of alkyl halides is 2. The van der Waals surface area contributed by atoms with Gasteiger partial charge in [-0.25, -0.2) is 0 Å². The minimum atomic E-state index is -0.912. The van der Waals surface area contributed by atoms with Crippen LogP contribution in [0.4, 0.5) is 5.69 Å². The van der Waals surface area contributed by atoms with E-state index in [1.165, 1.54) is 0 Å². The van der Waals surface area contributed by atoms with Crippen molar-refractivity contribution in [2.45, 2.75) is 17.7 Å². The van der Waals surface area contributed by atoms with Crippen molar-refractivity contribution in [1.29, 1.82) is 0 Å². The van der Waals surface area contributed by atoms with Gasteiger partial charge in [0.15, 0.2) is 0 Å². The molecule has 0 radical (unpaired) electrons. The van der Waals surface area contributed by atoms with Crippen molar-refractivity contribution in [2.75, 3.05) is 5.32 Å². The number of nitrogens with one attached hydrogen (secondary N) is 1. The van der Waals surface area contributed by atoms with Crippen LogP contribution < -0.4 is 5.32 Å². The molecule has 1 fully saturated rings. The highest BCUT2D eigenvalue weighted by atomic mass is 79.9. The van der Waals surface area contributed by atoms with E-state index in [0.29, 0.717) is 17.1 Å². The van der Waals surface area contributed by atoms with Crippen molar-refractivity contribution in [3.8, 4) is 0 Å². The molecule has 1 amide bonds. The summed E-state index contributed by atoms with van der Waals surface area (Å²) in [6.07, 6.45) is 0.485. The first-order valence-corrected chi connectivity index (χ1v) is 6.88. The number of halogens is 4. The molecule has 0 saturated heterocycles. The van der Waals surface area contributed by atoms with Gasteiger partial charge in [0.05, 0.1) is 11.6 Å². The van der Waals surface area contributed by atoms with Gasteiger partial charge >= 0.3 is 0 Å². The number of amides is 1. The van der Waals surface area contributed by atoms with Gasteiger partial charge in [0.2, 0.25) is 5.91 Å². The molecule has 0 aromatic heterocycles. The minimum absolute atomic E-state index is 0.185. The van der Waals surface area contributed by atoms with Crippen LogP contribution in [-0.4, -0.2) is 10.2 Å². The second-order valence-electron chi connectivity index (χ2n) is 4.09. The molecule has 0 bridgehead atoms. The Bertz CT molecular complexity index is 490. The molecule has 1 aromatic carbocycles. The molecule has 1 aromatic rings. The summed E-state index contributed by atoms with van der Waals surface area (Å²) in [5, 5.41) is 3.36. The second kappa shape index (κ2) is 4.61. The van der Waals surface area contributed by atoms with Crippen LogP contribution in [0.5, 0.6) is 0 Å². The maximum Gasteiger partial charge on any atom is 0.230 e. The highest BCUT2D eigenvalue weighted by Crippen LogP contribution is 2.53. The molecule has 0 aliphatic heterocycles. The summed E-state index contributed by atoms with van der Waals surface area (Å²) in [5.74, 6) is -0.534. The number of carbonyl (C=O) groups is 1. The molecule has 1 aliphatic rings. The molecule has 1 N–H and O–H groups in total. The number of rotatable bonds is 2. The van der Waals surface area contributed by atoms with Gasteiger partial charge in [0.25, 0.3) is 0 Å². The van der Waals surface area contributed by atoms with Gasteiger partial charge in [-0.3, -0.25) is 4.79 Å². The molecular weight excluding hydrogens is 348 g/mol. The van der Waals surface area contributed by atoms with E-state index in [1.807, 2.05) is 13.0 Å². The van der Waals surface area contributed by atoms with Crippen LogP contribution >= 0.6 is 50.7 Å². The van der Waals surface area contributed by atoms with E-state index in [2.05, 4.69) is 21.2 Å². The highest BCUT2D eigenvalue weighted by molar-refractivity contribution is 9.10. The van der Waals surface area contributed by atoms with E-state index in [4.69, 9.17) is 34.8 Å². The predicted octanol–water partition coefficient (Wildman–Crippen LogP) is 4.54. The Morgan fingerprint density at radius 1 is 1.53 bits per heavy atom. The lowest BCUT2D eigenvalue weighted by atomic mass is 10.2. The lowest BCUT2D eigenvalue weighted by Gasteiger charge is -2.09. The van der Waals surface area contributed by atoms with E-state index >= 15 is 0 Å². The van der Waals surface area contributed by atoms with Crippen molar-refractivity contribution < 1.29 is 4.79 Å². The molecule has 0 spiro atoms. The van der Waals surface area contributed by atoms with Crippen LogP contribution in [0.25, 0.3) is 0 Å². The summed E-state index contributed by atoms with van der Waals surface area (Å²) in [5.41, 5.74) is 1.56. The fourth-order valence-electron chi connectivity index (χ4n) is 1.46. The van der Waals surface area contributed by atoms with Crippen LogP contribution in [0.1, 0.15) is 12.0 Å². The van der Waals surface area contributed by atoms with Gasteiger partial charge in [-0.15, -0.1) is 23.2 Å². The minimum Gasteiger partial charge on any atom is -0.325 e. The Balaban J connectivity index is 2.14. The summed E-state index contributed by atoms with van der Waals surface area (Å²) in [4.78, 5) is 11.8. The normalized spacial score (nSPS) is 21.1. The number of benzene rings is 1. The molecule has 92 valence electrons. The van der Waals surface area contributed by atoms with E-state index in [9.17, 15) is 4.79 Å². The van der Waals surface area contributed by atoms with E-state index in [-0.39, 0.29) is 11.8 Å². The Kier molecular flexibility index (Phi) is 3.66. The Labute approximate surface area is 123 Å². The lowest BCUT2D eigenvalue weighted by molar-refractivity contribution is -0.117. The van der Waals surface area contributed by atoms with Crippen LogP contribution in [0.3, 0.4) is 0 Å². The summed E-state index contributed by atoms with van der Waals surface area (Å²) in [6.45, 7) is 1.89. The molecule has 2 nitrogen and oxygen atoms in total. The van der Waals surface area contributed by atoms with Crippen LogP contribution in [0, 0.1) is 12.8 Å². The summed E-state index contributed by atoms with van der Waals surface area (Å²) >= 11 is 21.0. The first-order valence-electron chi connectivity index (χ1n) is 4.95. The number of hydrogen-bond donors (Lipinski definition) is 1. The summed E-state index contributed by atoms with van der Waals surface area (Å²) < 4.78 is -0.131. The quantitative estimate of drug-likeness (QED) is 0.774. The van der Waals surface area contributed by atoms with Crippen molar-refractivity contribution in [3.63, 3.8) is 0 Å². The number of hydrogen-bond acceptors (Lipinski definition) is 1. The van der Waals surface area contributed by atoms with Crippen molar-refractivity contribution in [1.82, 2.24) is 0 Å². The second-order valence-corrected chi connectivity index (χ2v) is 6.89. The fraction of sp³-hybridized carbons (Fsp3) is 0.364. The third kappa shape index (κ3) is 2.90. The van der Waals surface area contributed by atoms with Crippen molar-refractivity contribution in [3.05, 3.63) is 27.2 Å². The molecule has 6 heteroatoms. The molecule has 1 saturated carbocycles. The topological polar surface area (TPSA) is 29.1 Å². The maximum absolute atomic E-state index is 11.8.